The van der Waals surface area contributed by atoms with E-state index in [2.05, 4.69) is 16.7 Å². The first-order valence-corrected chi connectivity index (χ1v) is 10.7. The number of piperidine rings is 1. The molecule has 156 valence electrons. The van der Waals surface area contributed by atoms with Gasteiger partial charge in [-0.15, -0.1) is 0 Å². The molecule has 5 nitrogen and oxygen atoms in total. The van der Waals surface area contributed by atoms with Gasteiger partial charge in [0.25, 0.3) is 0 Å². The molecule has 0 bridgehead atoms. The molecule has 0 saturated carbocycles. The number of nitrogens with one attached hydrogen (secondary N) is 2. The molecule has 5 rings (SSSR count). The second-order valence-electron chi connectivity index (χ2n) is 8.73. The summed E-state index contributed by atoms with van der Waals surface area (Å²) < 4.78 is 14.1. The van der Waals surface area contributed by atoms with E-state index < -0.39 is 6.04 Å². The van der Waals surface area contributed by atoms with Crippen molar-refractivity contribution < 1.29 is 14.0 Å². The minimum atomic E-state index is -0.480. The molecule has 2 aromatic rings. The molecule has 3 heterocycles. The van der Waals surface area contributed by atoms with Crippen molar-refractivity contribution in [3.8, 4) is 0 Å². The molecule has 0 radical (unpaired) electrons. The maximum Gasteiger partial charge on any atom is 0.247 e. The van der Waals surface area contributed by atoms with Crippen LogP contribution in [0.4, 0.5) is 15.8 Å². The van der Waals surface area contributed by atoms with Gasteiger partial charge in [-0.25, -0.2) is 4.39 Å². The van der Waals surface area contributed by atoms with Gasteiger partial charge >= 0.3 is 0 Å². The van der Waals surface area contributed by atoms with Gasteiger partial charge in [0, 0.05) is 42.4 Å². The molecule has 0 aromatic heterocycles. The summed E-state index contributed by atoms with van der Waals surface area (Å²) in [7, 11) is 0. The average Bonchev–Trinajstić information content (AvgIpc) is 3.36. The lowest BCUT2D eigenvalue weighted by Gasteiger charge is -2.35. The molecule has 1 unspecified atom stereocenters. The Labute approximate surface area is 175 Å². The number of benzene rings is 2. The van der Waals surface area contributed by atoms with Crippen molar-refractivity contribution in [1.29, 1.82) is 0 Å². The monoisotopic (exact) mass is 407 g/mol. The predicted octanol–water partition coefficient (Wildman–Crippen LogP) is 3.98. The molecule has 3 atom stereocenters. The predicted molar refractivity (Wildman–Crippen MR) is 114 cm³/mol. The van der Waals surface area contributed by atoms with Gasteiger partial charge in [-0.3, -0.25) is 9.59 Å². The van der Waals surface area contributed by atoms with Crippen LogP contribution in [0.15, 0.2) is 36.4 Å². The minimum absolute atomic E-state index is 0.154. The SMILES string of the molecule is Cc1ccc(F)c2c1NC(C(=O)Nc1cccc([C@@H]3CCN4C(=O)CC[C@@H]4C3)c1)C2. The number of anilines is 2. The van der Waals surface area contributed by atoms with Crippen LogP contribution >= 0.6 is 0 Å². The summed E-state index contributed by atoms with van der Waals surface area (Å²) in [4.78, 5) is 26.8. The molecule has 2 amide bonds. The Morgan fingerprint density at radius 2 is 2.10 bits per heavy atom. The van der Waals surface area contributed by atoms with E-state index >= 15 is 0 Å². The molecule has 2 aromatic carbocycles. The van der Waals surface area contributed by atoms with Gasteiger partial charge in [0.2, 0.25) is 11.8 Å². The van der Waals surface area contributed by atoms with E-state index in [0.717, 1.165) is 42.7 Å². The van der Waals surface area contributed by atoms with Crippen LogP contribution in [0.3, 0.4) is 0 Å². The maximum atomic E-state index is 14.1. The smallest absolute Gasteiger partial charge is 0.247 e. The molecule has 2 saturated heterocycles. The first-order valence-electron chi connectivity index (χ1n) is 10.7. The zero-order valence-corrected chi connectivity index (χ0v) is 17.1. The number of hydrogen-bond donors (Lipinski definition) is 2. The number of fused-ring (bicyclic) bond motifs is 2. The van der Waals surface area contributed by atoms with E-state index in [1.165, 1.54) is 11.6 Å². The summed E-state index contributed by atoms with van der Waals surface area (Å²) in [6.07, 6.45) is 3.92. The van der Waals surface area contributed by atoms with Crippen LogP contribution in [-0.2, 0) is 16.0 Å². The third-order valence-electron chi connectivity index (χ3n) is 6.86. The molecular formula is C24H26FN3O2. The summed E-state index contributed by atoms with van der Waals surface area (Å²) in [6.45, 7) is 2.73. The highest BCUT2D eigenvalue weighted by atomic mass is 19.1. The van der Waals surface area contributed by atoms with E-state index in [9.17, 15) is 14.0 Å². The van der Waals surface area contributed by atoms with Crippen LogP contribution in [0.25, 0.3) is 0 Å². The van der Waals surface area contributed by atoms with Crippen molar-refractivity contribution in [3.05, 3.63) is 58.9 Å². The molecular weight excluding hydrogens is 381 g/mol. The first kappa shape index (κ1) is 19.1. The Morgan fingerprint density at radius 1 is 1.23 bits per heavy atom. The summed E-state index contributed by atoms with van der Waals surface area (Å²) in [5, 5.41) is 6.18. The average molecular weight is 407 g/mol. The Morgan fingerprint density at radius 3 is 2.93 bits per heavy atom. The number of nitrogens with zero attached hydrogens (tertiary/aromatic N) is 1. The third kappa shape index (κ3) is 3.34. The molecule has 0 aliphatic carbocycles. The van der Waals surface area contributed by atoms with Gasteiger partial charge < -0.3 is 15.5 Å². The summed E-state index contributed by atoms with van der Waals surface area (Å²) in [5.41, 5.74) is 4.23. The van der Waals surface area contributed by atoms with Crippen LogP contribution in [-0.4, -0.2) is 35.3 Å². The van der Waals surface area contributed by atoms with E-state index in [0.29, 0.717) is 30.4 Å². The Hall–Kier alpha value is -2.89. The topological polar surface area (TPSA) is 61.4 Å². The fourth-order valence-electron chi connectivity index (χ4n) is 5.22. The van der Waals surface area contributed by atoms with Crippen LogP contribution in [0, 0.1) is 12.7 Å². The molecule has 2 N–H and O–H groups in total. The number of rotatable bonds is 3. The van der Waals surface area contributed by atoms with Crippen LogP contribution in [0.1, 0.15) is 48.3 Å². The van der Waals surface area contributed by atoms with E-state index in [1.54, 1.807) is 6.07 Å². The molecule has 30 heavy (non-hydrogen) atoms. The number of hydrogen-bond acceptors (Lipinski definition) is 3. The Bertz CT molecular complexity index is 991. The van der Waals surface area contributed by atoms with E-state index in [-0.39, 0.29) is 17.6 Å². The normalized spacial score (nSPS) is 24.9. The largest absolute Gasteiger partial charge is 0.373 e. The minimum Gasteiger partial charge on any atom is -0.373 e. The van der Waals surface area contributed by atoms with E-state index in [4.69, 9.17) is 0 Å². The zero-order chi connectivity index (χ0) is 20.8. The van der Waals surface area contributed by atoms with Gasteiger partial charge in [0.05, 0.1) is 0 Å². The summed E-state index contributed by atoms with van der Waals surface area (Å²) in [5.74, 6) is 0.270. The number of carbonyl (C=O) groups excluding carboxylic acids is 2. The van der Waals surface area contributed by atoms with Crippen LogP contribution in [0.2, 0.25) is 0 Å². The van der Waals surface area contributed by atoms with Crippen molar-refractivity contribution in [2.24, 2.45) is 0 Å². The second-order valence-corrected chi connectivity index (χ2v) is 8.73. The zero-order valence-electron chi connectivity index (χ0n) is 17.1. The highest BCUT2D eigenvalue weighted by molar-refractivity contribution is 5.98. The fourth-order valence-corrected chi connectivity index (χ4v) is 5.22. The first-order chi connectivity index (χ1) is 14.5. The highest BCUT2D eigenvalue weighted by Crippen LogP contribution is 2.37. The van der Waals surface area contributed by atoms with Gasteiger partial charge in [0.15, 0.2) is 0 Å². The number of amides is 2. The van der Waals surface area contributed by atoms with Crippen molar-refractivity contribution >= 4 is 23.2 Å². The van der Waals surface area contributed by atoms with Gasteiger partial charge in [-0.05, 0) is 61.4 Å². The summed E-state index contributed by atoms with van der Waals surface area (Å²) >= 11 is 0. The van der Waals surface area contributed by atoms with Gasteiger partial charge in [-0.2, -0.15) is 0 Å². The van der Waals surface area contributed by atoms with Crippen molar-refractivity contribution in [3.63, 3.8) is 0 Å². The molecule has 3 aliphatic rings. The second kappa shape index (κ2) is 7.42. The van der Waals surface area contributed by atoms with Crippen molar-refractivity contribution in [2.75, 3.05) is 17.2 Å². The molecule has 6 heteroatoms. The van der Waals surface area contributed by atoms with Crippen molar-refractivity contribution in [1.82, 2.24) is 4.90 Å². The molecule has 3 aliphatic heterocycles. The summed E-state index contributed by atoms with van der Waals surface area (Å²) in [6, 6.07) is 11.1. The quantitative estimate of drug-likeness (QED) is 0.809. The number of halogens is 1. The molecule has 2 fully saturated rings. The number of aryl methyl sites for hydroxylation is 1. The number of carbonyl (C=O) groups is 2. The standard InChI is InChI=1S/C24H26FN3O2/c1-14-5-7-20(25)19-13-21(27-23(14)19)24(30)26-17-4-2-3-15(11-17)16-9-10-28-18(12-16)6-8-22(28)29/h2-5,7,11,16,18,21,27H,6,8-10,12-13H2,1H3,(H,26,30)/t16-,18-,21?/m1/s1. The van der Waals surface area contributed by atoms with E-state index in [1.807, 2.05) is 30.0 Å². The highest BCUT2D eigenvalue weighted by Gasteiger charge is 2.36. The maximum absolute atomic E-state index is 14.1. The van der Waals surface area contributed by atoms with Crippen LogP contribution in [0.5, 0.6) is 0 Å². The Balaban J connectivity index is 1.27. The van der Waals surface area contributed by atoms with Crippen molar-refractivity contribution in [2.45, 2.75) is 57.0 Å². The lowest BCUT2D eigenvalue weighted by atomic mass is 9.85. The van der Waals surface area contributed by atoms with Gasteiger partial charge in [-0.1, -0.05) is 18.2 Å². The fraction of sp³-hybridized carbons (Fsp3) is 0.417. The third-order valence-corrected chi connectivity index (χ3v) is 6.86. The Kier molecular flexibility index (Phi) is 4.72. The van der Waals surface area contributed by atoms with Crippen LogP contribution < -0.4 is 10.6 Å². The lowest BCUT2D eigenvalue weighted by Crippen LogP contribution is -2.39. The lowest BCUT2D eigenvalue weighted by molar-refractivity contribution is -0.130. The molecule has 0 spiro atoms. The van der Waals surface area contributed by atoms with Gasteiger partial charge in [0.1, 0.15) is 11.9 Å².